The van der Waals surface area contributed by atoms with Gasteiger partial charge in [-0.1, -0.05) is 13.8 Å². The normalized spacial score (nSPS) is 11.9. The van der Waals surface area contributed by atoms with Crippen molar-refractivity contribution in [2.45, 2.75) is 13.8 Å². The van der Waals surface area contributed by atoms with E-state index in [9.17, 15) is 5.11 Å². The summed E-state index contributed by atoms with van der Waals surface area (Å²) in [6.45, 7) is 5.06. The summed E-state index contributed by atoms with van der Waals surface area (Å²) in [6.07, 6.45) is 0. The molecule has 0 aliphatic carbocycles. The zero-order chi connectivity index (χ0) is 11.6. The van der Waals surface area contributed by atoms with Crippen molar-refractivity contribution in [3.63, 3.8) is 0 Å². The van der Waals surface area contributed by atoms with Gasteiger partial charge in [0.2, 0.25) is 0 Å². The zero-order valence-electron chi connectivity index (χ0n) is 9.66. The highest BCUT2D eigenvalue weighted by molar-refractivity contribution is 7.17. The van der Waals surface area contributed by atoms with E-state index in [0.717, 1.165) is 12.2 Å². The molecule has 86 valence electrons. The van der Waals surface area contributed by atoms with E-state index in [1.807, 2.05) is 13.8 Å². The summed E-state index contributed by atoms with van der Waals surface area (Å²) in [4.78, 5) is 0. The fourth-order valence-corrected chi connectivity index (χ4v) is 2.24. The summed E-state index contributed by atoms with van der Waals surface area (Å²) in [7, 11) is 0. The Kier molecular flexibility index (Phi) is 3.17. The number of rotatable bonds is 4. The monoisotopic (exact) mass is 235 g/mol. The third kappa shape index (κ3) is 2.54. The molecule has 3 heteroatoms. The molecule has 1 aromatic heterocycles. The highest BCUT2D eigenvalue weighted by Crippen LogP contribution is 2.24. The van der Waals surface area contributed by atoms with Gasteiger partial charge >= 0.3 is 0 Å². The molecule has 2 aromatic rings. The van der Waals surface area contributed by atoms with Crippen LogP contribution in [0.1, 0.15) is 13.8 Å². The topological polar surface area (TPSA) is 32.3 Å². The molecule has 0 aliphatic heterocycles. The highest BCUT2D eigenvalue weighted by Gasteiger charge is 2.15. The van der Waals surface area contributed by atoms with Crippen molar-refractivity contribution >= 4 is 27.1 Å². The lowest BCUT2D eigenvalue weighted by Gasteiger charge is -2.22. The van der Waals surface area contributed by atoms with Gasteiger partial charge in [-0.15, -0.1) is 11.3 Å². The van der Waals surface area contributed by atoms with Crippen LogP contribution < -0.4 is 5.32 Å². The van der Waals surface area contributed by atoms with Gasteiger partial charge in [0.1, 0.15) is 0 Å². The molecule has 2 N–H and O–H groups in total. The lowest BCUT2D eigenvalue weighted by atomic mass is 9.95. The number of aliphatic hydroxyl groups excluding tert-OH is 1. The van der Waals surface area contributed by atoms with E-state index in [0.29, 0.717) is 0 Å². The number of nitrogens with one attached hydrogen (secondary N) is 1. The number of fused-ring (bicyclic) bond motifs is 1. The number of aliphatic hydroxyl groups is 1. The van der Waals surface area contributed by atoms with Crippen LogP contribution in [0.25, 0.3) is 10.1 Å². The number of hydrogen-bond acceptors (Lipinski definition) is 3. The minimum absolute atomic E-state index is 0.0798. The molecule has 0 bridgehead atoms. The quantitative estimate of drug-likeness (QED) is 0.852. The molecule has 16 heavy (non-hydrogen) atoms. The number of hydrogen-bond donors (Lipinski definition) is 2. The summed E-state index contributed by atoms with van der Waals surface area (Å²) in [5, 5.41) is 15.9. The van der Waals surface area contributed by atoms with Crippen LogP contribution in [0.5, 0.6) is 0 Å². The second kappa shape index (κ2) is 4.44. The average Bonchev–Trinajstić information content (AvgIpc) is 2.73. The zero-order valence-corrected chi connectivity index (χ0v) is 10.5. The third-order valence-corrected chi connectivity index (χ3v) is 3.55. The van der Waals surface area contributed by atoms with Crippen LogP contribution in [-0.4, -0.2) is 18.3 Å². The fraction of sp³-hybridized carbons (Fsp3) is 0.385. The molecule has 2 rings (SSSR count). The van der Waals surface area contributed by atoms with Crippen molar-refractivity contribution in [2.75, 3.05) is 18.5 Å². The Morgan fingerprint density at radius 3 is 2.88 bits per heavy atom. The van der Waals surface area contributed by atoms with Crippen molar-refractivity contribution in [2.24, 2.45) is 5.41 Å². The Bertz CT molecular complexity index is 475. The Balaban J connectivity index is 2.09. The standard InChI is InChI=1S/C13H17NOS/c1-13(2,9-15)8-14-11-3-4-12-10(7-11)5-6-16-12/h3-7,14-15H,8-9H2,1-2H3. The van der Waals surface area contributed by atoms with Crippen molar-refractivity contribution in [3.8, 4) is 0 Å². The molecule has 1 heterocycles. The van der Waals surface area contributed by atoms with E-state index in [-0.39, 0.29) is 12.0 Å². The van der Waals surface area contributed by atoms with E-state index in [1.54, 1.807) is 11.3 Å². The molecular weight excluding hydrogens is 218 g/mol. The van der Waals surface area contributed by atoms with E-state index in [1.165, 1.54) is 10.1 Å². The maximum atomic E-state index is 9.17. The van der Waals surface area contributed by atoms with Crippen molar-refractivity contribution in [1.82, 2.24) is 0 Å². The van der Waals surface area contributed by atoms with Gasteiger partial charge in [-0.2, -0.15) is 0 Å². The van der Waals surface area contributed by atoms with E-state index in [4.69, 9.17) is 0 Å². The third-order valence-electron chi connectivity index (χ3n) is 2.65. The Hall–Kier alpha value is -1.06. The van der Waals surface area contributed by atoms with Gasteiger partial charge in [0.25, 0.3) is 0 Å². The second-order valence-corrected chi connectivity index (χ2v) is 5.80. The average molecular weight is 235 g/mol. The van der Waals surface area contributed by atoms with Crippen molar-refractivity contribution in [3.05, 3.63) is 29.6 Å². The molecule has 1 aromatic carbocycles. The van der Waals surface area contributed by atoms with Crippen LogP contribution in [-0.2, 0) is 0 Å². The van der Waals surface area contributed by atoms with E-state index in [2.05, 4.69) is 35.0 Å². The number of benzene rings is 1. The molecule has 0 unspecified atom stereocenters. The molecule has 0 radical (unpaired) electrons. The maximum absolute atomic E-state index is 9.17. The minimum atomic E-state index is -0.0798. The molecular formula is C13H17NOS. The molecule has 0 aliphatic rings. The van der Waals surface area contributed by atoms with E-state index < -0.39 is 0 Å². The minimum Gasteiger partial charge on any atom is -0.396 e. The summed E-state index contributed by atoms with van der Waals surface area (Å²) in [6, 6.07) is 8.50. The number of anilines is 1. The van der Waals surface area contributed by atoms with Gasteiger partial charge in [-0.05, 0) is 35.0 Å². The van der Waals surface area contributed by atoms with Crippen LogP contribution in [0.2, 0.25) is 0 Å². The van der Waals surface area contributed by atoms with Gasteiger partial charge in [0.05, 0.1) is 0 Å². The van der Waals surface area contributed by atoms with Gasteiger partial charge in [0.15, 0.2) is 0 Å². The molecule has 0 saturated carbocycles. The molecule has 0 atom stereocenters. The van der Waals surface area contributed by atoms with Gasteiger partial charge in [-0.3, -0.25) is 0 Å². The van der Waals surface area contributed by atoms with Gasteiger partial charge in [0, 0.05) is 29.0 Å². The molecule has 2 nitrogen and oxygen atoms in total. The first kappa shape index (κ1) is 11.4. The smallest absolute Gasteiger partial charge is 0.0498 e. The Labute approximate surface area is 99.9 Å². The summed E-state index contributed by atoms with van der Waals surface area (Å²) < 4.78 is 1.31. The van der Waals surface area contributed by atoms with Crippen molar-refractivity contribution in [1.29, 1.82) is 0 Å². The second-order valence-electron chi connectivity index (χ2n) is 4.85. The molecule has 0 fully saturated rings. The van der Waals surface area contributed by atoms with Crippen LogP contribution in [0, 0.1) is 5.41 Å². The van der Waals surface area contributed by atoms with E-state index >= 15 is 0 Å². The van der Waals surface area contributed by atoms with Crippen LogP contribution in [0.3, 0.4) is 0 Å². The molecule has 0 saturated heterocycles. The largest absolute Gasteiger partial charge is 0.396 e. The van der Waals surface area contributed by atoms with Crippen LogP contribution >= 0.6 is 11.3 Å². The lowest BCUT2D eigenvalue weighted by molar-refractivity contribution is 0.171. The van der Waals surface area contributed by atoms with Gasteiger partial charge in [-0.25, -0.2) is 0 Å². The van der Waals surface area contributed by atoms with Crippen molar-refractivity contribution < 1.29 is 5.11 Å². The Morgan fingerprint density at radius 2 is 2.12 bits per heavy atom. The lowest BCUT2D eigenvalue weighted by Crippen LogP contribution is -2.26. The predicted octanol–water partition coefficient (Wildman–Crippen LogP) is 3.33. The maximum Gasteiger partial charge on any atom is 0.0498 e. The fourth-order valence-electron chi connectivity index (χ4n) is 1.47. The summed E-state index contributed by atoms with van der Waals surface area (Å²) in [5.41, 5.74) is 1.04. The van der Waals surface area contributed by atoms with Crippen LogP contribution in [0.15, 0.2) is 29.6 Å². The number of thiophene rings is 1. The Morgan fingerprint density at radius 1 is 1.31 bits per heavy atom. The summed E-state index contributed by atoms with van der Waals surface area (Å²) in [5.74, 6) is 0. The molecule has 0 spiro atoms. The highest BCUT2D eigenvalue weighted by atomic mass is 32.1. The first-order valence-electron chi connectivity index (χ1n) is 5.43. The van der Waals surface area contributed by atoms with Gasteiger partial charge < -0.3 is 10.4 Å². The first-order valence-corrected chi connectivity index (χ1v) is 6.31. The van der Waals surface area contributed by atoms with Crippen LogP contribution in [0.4, 0.5) is 5.69 Å². The SMILES string of the molecule is CC(C)(CO)CNc1ccc2sccc2c1. The molecule has 0 amide bonds. The first-order chi connectivity index (χ1) is 7.61. The summed E-state index contributed by atoms with van der Waals surface area (Å²) >= 11 is 1.76. The predicted molar refractivity (Wildman–Crippen MR) is 71.2 cm³/mol.